The maximum absolute atomic E-state index is 13.8. The van der Waals surface area contributed by atoms with Crippen LogP contribution < -0.4 is 10.2 Å². The SMILES string of the molecule is CC(C)(C)OC(=O)N[C@H]1CCN(c2ncc(Cl)cc2F)C1. The Morgan fingerprint density at radius 1 is 1.57 bits per heavy atom. The molecule has 1 aromatic heterocycles. The molecular formula is C14H19ClFN3O2. The number of alkyl carbamates (subject to hydrolysis) is 1. The van der Waals surface area contributed by atoms with Crippen molar-refractivity contribution in [1.82, 2.24) is 10.3 Å². The van der Waals surface area contributed by atoms with Crippen molar-refractivity contribution in [3.8, 4) is 0 Å². The molecule has 1 fully saturated rings. The lowest BCUT2D eigenvalue weighted by atomic mass is 10.2. The summed E-state index contributed by atoms with van der Waals surface area (Å²) in [5.74, 6) is -0.201. The molecule has 1 aliphatic heterocycles. The lowest BCUT2D eigenvalue weighted by Gasteiger charge is -2.22. The molecule has 1 aromatic rings. The van der Waals surface area contributed by atoms with Crippen molar-refractivity contribution < 1.29 is 13.9 Å². The summed E-state index contributed by atoms with van der Waals surface area (Å²) >= 11 is 5.69. The zero-order chi connectivity index (χ0) is 15.6. The minimum Gasteiger partial charge on any atom is -0.444 e. The Morgan fingerprint density at radius 2 is 2.29 bits per heavy atom. The minimum atomic E-state index is -0.535. The Labute approximate surface area is 128 Å². The van der Waals surface area contributed by atoms with Gasteiger partial charge >= 0.3 is 6.09 Å². The molecule has 7 heteroatoms. The fraction of sp³-hybridized carbons (Fsp3) is 0.571. The van der Waals surface area contributed by atoms with Crippen LogP contribution >= 0.6 is 11.6 Å². The Hall–Kier alpha value is -1.56. The lowest BCUT2D eigenvalue weighted by molar-refractivity contribution is 0.0509. The smallest absolute Gasteiger partial charge is 0.407 e. The van der Waals surface area contributed by atoms with E-state index in [1.807, 2.05) is 0 Å². The molecule has 2 heterocycles. The zero-order valence-electron chi connectivity index (χ0n) is 12.3. The highest BCUT2D eigenvalue weighted by atomic mass is 35.5. The maximum Gasteiger partial charge on any atom is 0.407 e. The van der Waals surface area contributed by atoms with Crippen LogP contribution in [-0.2, 0) is 4.74 Å². The maximum atomic E-state index is 13.8. The largest absolute Gasteiger partial charge is 0.444 e. The third kappa shape index (κ3) is 4.46. The average Bonchev–Trinajstić information content (AvgIpc) is 2.74. The molecule has 21 heavy (non-hydrogen) atoms. The third-order valence-electron chi connectivity index (χ3n) is 3.00. The van der Waals surface area contributed by atoms with Crippen LogP contribution in [0.15, 0.2) is 12.3 Å². The van der Waals surface area contributed by atoms with E-state index in [4.69, 9.17) is 16.3 Å². The van der Waals surface area contributed by atoms with Crippen molar-refractivity contribution in [3.63, 3.8) is 0 Å². The second-order valence-corrected chi connectivity index (χ2v) is 6.47. The Bertz CT molecular complexity index is 533. The van der Waals surface area contributed by atoms with Crippen LogP contribution in [0.4, 0.5) is 15.0 Å². The third-order valence-corrected chi connectivity index (χ3v) is 3.20. The van der Waals surface area contributed by atoms with E-state index in [0.717, 1.165) is 0 Å². The summed E-state index contributed by atoms with van der Waals surface area (Å²) in [7, 11) is 0. The Morgan fingerprint density at radius 3 is 2.90 bits per heavy atom. The molecule has 116 valence electrons. The van der Waals surface area contributed by atoms with E-state index >= 15 is 0 Å². The summed E-state index contributed by atoms with van der Waals surface area (Å²) in [6.07, 6.45) is 1.66. The number of anilines is 1. The summed E-state index contributed by atoms with van der Waals surface area (Å²) in [4.78, 5) is 17.5. The fourth-order valence-electron chi connectivity index (χ4n) is 2.18. The van der Waals surface area contributed by atoms with Gasteiger partial charge in [0.2, 0.25) is 0 Å². The van der Waals surface area contributed by atoms with Gasteiger partial charge in [-0.2, -0.15) is 0 Å². The normalized spacial score (nSPS) is 18.7. The summed E-state index contributed by atoms with van der Waals surface area (Å²) in [5.41, 5.74) is -0.535. The van der Waals surface area contributed by atoms with Gasteiger partial charge in [-0.15, -0.1) is 0 Å². The first-order chi connectivity index (χ1) is 9.74. The van der Waals surface area contributed by atoms with E-state index in [9.17, 15) is 9.18 Å². The van der Waals surface area contributed by atoms with Gasteiger partial charge in [-0.25, -0.2) is 14.2 Å². The van der Waals surface area contributed by atoms with Crippen molar-refractivity contribution in [2.24, 2.45) is 0 Å². The number of aromatic nitrogens is 1. The number of nitrogens with zero attached hydrogens (tertiary/aromatic N) is 2. The molecule has 1 N–H and O–H groups in total. The number of carbonyl (C=O) groups excluding carboxylic acids is 1. The molecule has 0 spiro atoms. The molecule has 0 aliphatic carbocycles. The van der Waals surface area contributed by atoms with E-state index in [0.29, 0.717) is 19.5 Å². The second kappa shape index (κ2) is 6.05. The molecular weight excluding hydrogens is 297 g/mol. The van der Waals surface area contributed by atoms with E-state index < -0.39 is 17.5 Å². The molecule has 0 aromatic carbocycles. The predicted molar refractivity (Wildman–Crippen MR) is 79.2 cm³/mol. The summed E-state index contributed by atoms with van der Waals surface area (Å²) in [6.45, 7) is 6.53. The average molecular weight is 316 g/mol. The van der Waals surface area contributed by atoms with Crippen LogP contribution in [-0.4, -0.2) is 35.8 Å². The summed E-state index contributed by atoms with van der Waals surface area (Å²) in [6, 6.07) is 1.15. The first kappa shape index (κ1) is 15.8. The number of rotatable bonds is 2. The number of nitrogens with one attached hydrogen (secondary N) is 1. The predicted octanol–water partition coefficient (Wildman–Crippen LogP) is 2.98. The number of hydrogen-bond donors (Lipinski definition) is 1. The van der Waals surface area contributed by atoms with Gasteiger partial charge in [0, 0.05) is 19.3 Å². The molecule has 1 amide bonds. The number of amides is 1. The van der Waals surface area contributed by atoms with Gasteiger partial charge in [-0.05, 0) is 33.3 Å². The second-order valence-electron chi connectivity index (χ2n) is 6.04. The highest BCUT2D eigenvalue weighted by molar-refractivity contribution is 6.30. The Balaban J connectivity index is 1.93. The molecule has 5 nitrogen and oxygen atoms in total. The molecule has 0 unspecified atom stereocenters. The van der Waals surface area contributed by atoms with Crippen molar-refractivity contribution in [2.75, 3.05) is 18.0 Å². The lowest BCUT2D eigenvalue weighted by Crippen LogP contribution is -2.40. The highest BCUT2D eigenvalue weighted by Crippen LogP contribution is 2.23. The van der Waals surface area contributed by atoms with Gasteiger partial charge in [0.15, 0.2) is 11.6 Å². The minimum absolute atomic E-state index is 0.0864. The van der Waals surface area contributed by atoms with Gasteiger partial charge in [-0.1, -0.05) is 11.6 Å². The highest BCUT2D eigenvalue weighted by Gasteiger charge is 2.28. The molecule has 0 radical (unpaired) electrons. The van der Waals surface area contributed by atoms with Gasteiger partial charge in [0.1, 0.15) is 5.60 Å². The zero-order valence-corrected chi connectivity index (χ0v) is 13.1. The van der Waals surface area contributed by atoms with Crippen molar-refractivity contribution in [1.29, 1.82) is 0 Å². The monoisotopic (exact) mass is 315 g/mol. The topological polar surface area (TPSA) is 54.5 Å². The van der Waals surface area contributed by atoms with Crippen molar-refractivity contribution in [3.05, 3.63) is 23.1 Å². The summed E-state index contributed by atoms with van der Waals surface area (Å²) < 4.78 is 19.0. The van der Waals surface area contributed by atoms with Crippen LogP contribution in [0, 0.1) is 5.82 Å². The van der Waals surface area contributed by atoms with Gasteiger partial charge in [0.25, 0.3) is 0 Å². The number of hydrogen-bond acceptors (Lipinski definition) is 4. The van der Waals surface area contributed by atoms with E-state index in [2.05, 4.69) is 10.3 Å². The van der Waals surface area contributed by atoms with Crippen LogP contribution in [0.3, 0.4) is 0 Å². The molecule has 2 rings (SSSR count). The molecule has 1 saturated heterocycles. The number of pyridine rings is 1. The van der Waals surface area contributed by atoms with Crippen molar-refractivity contribution >= 4 is 23.5 Å². The standard InChI is InChI=1S/C14H19ClFN3O2/c1-14(2,3)21-13(20)18-10-4-5-19(8-10)12-11(16)6-9(15)7-17-12/h6-7,10H,4-5,8H2,1-3H3,(H,18,20)/t10-/m0/s1. The molecule has 0 bridgehead atoms. The van der Waals surface area contributed by atoms with Crippen LogP contribution in [0.5, 0.6) is 0 Å². The van der Waals surface area contributed by atoms with Gasteiger partial charge in [-0.3, -0.25) is 0 Å². The number of ether oxygens (including phenoxy) is 1. The molecule has 0 saturated carbocycles. The van der Waals surface area contributed by atoms with E-state index in [1.165, 1.54) is 12.3 Å². The quantitative estimate of drug-likeness (QED) is 0.911. The number of halogens is 2. The fourth-order valence-corrected chi connectivity index (χ4v) is 2.33. The van der Waals surface area contributed by atoms with Crippen LogP contribution in [0.1, 0.15) is 27.2 Å². The Kier molecular flexibility index (Phi) is 4.56. The molecule has 1 aliphatic rings. The first-order valence-electron chi connectivity index (χ1n) is 6.80. The van der Waals surface area contributed by atoms with E-state index in [-0.39, 0.29) is 16.9 Å². The first-order valence-corrected chi connectivity index (χ1v) is 7.18. The van der Waals surface area contributed by atoms with Crippen LogP contribution in [0.25, 0.3) is 0 Å². The number of carbonyl (C=O) groups is 1. The summed E-state index contributed by atoms with van der Waals surface area (Å²) in [5, 5.41) is 3.05. The molecule has 1 atom stereocenters. The van der Waals surface area contributed by atoms with Crippen LogP contribution in [0.2, 0.25) is 5.02 Å². The van der Waals surface area contributed by atoms with Gasteiger partial charge in [0.05, 0.1) is 11.1 Å². The van der Waals surface area contributed by atoms with Crippen molar-refractivity contribution in [2.45, 2.75) is 38.8 Å². The van der Waals surface area contributed by atoms with E-state index in [1.54, 1.807) is 25.7 Å². The van der Waals surface area contributed by atoms with Gasteiger partial charge < -0.3 is 15.0 Å².